The van der Waals surface area contributed by atoms with E-state index in [1.54, 1.807) is 6.92 Å². The molecule has 6 heteroatoms. The summed E-state index contributed by atoms with van der Waals surface area (Å²) in [4.78, 5) is 15.1. The van der Waals surface area contributed by atoms with Gasteiger partial charge in [-0.1, -0.05) is 6.58 Å². The standard InChI is InChI=1S/C8H11N5O/c1-7(2)4-10-12(3)8(14)13-6-9-5-11-13/h4-6H,1H2,2-3H3. The Hall–Kier alpha value is -1.98. The van der Waals surface area contributed by atoms with Crippen molar-refractivity contribution in [3.05, 3.63) is 24.8 Å². The lowest BCUT2D eigenvalue weighted by Gasteiger charge is -2.08. The smallest absolute Gasteiger partial charge is 0.244 e. The predicted molar refractivity (Wildman–Crippen MR) is 51.9 cm³/mol. The molecule has 1 aromatic rings. The maximum atomic E-state index is 11.5. The Labute approximate surface area is 81.5 Å². The number of hydrogen-bond donors (Lipinski definition) is 0. The lowest BCUT2D eigenvalue weighted by molar-refractivity contribution is 0.209. The molecule has 74 valence electrons. The number of aromatic nitrogens is 3. The number of carbonyl (C=O) groups is 1. The van der Waals surface area contributed by atoms with E-state index in [9.17, 15) is 4.79 Å². The molecule has 0 unspecified atom stereocenters. The third-order valence-corrected chi connectivity index (χ3v) is 1.34. The second-order valence-electron chi connectivity index (χ2n) is 2.74. The first kappa shape index (κ1) is 10.1. The van der Waals surface area contributed by atoms with E-state index in [0.717, 1.165) is 15.3 Å². The van der Waals surface area contributed by atoms with Gasteiger partial charge in [0.2, 0.25) is 0 Å². The lowest BCUT2D eigenvalue weighted by Crippen LogP contribution is -2.27. The van der Waals surface area contributed by atoms with Crippen LogP contribution in [0.3, 0.4) is 0 Å². The number of hydrogen-bond acceptors (Lipinski definition) is 4. The fraction of sp³-hybridized carbons (Fsp3) is 0.250. The van der Waals surface area contributed by atoms with E-state index in [1.807, 2.05) is 0 Å². The van der Waals surface area contributed by atoms with E-state index in [2.05, 4.69) is 21.8 Å². The molecule has 0 aliphatic rings. The van der Waals surface area contributed by atoms with Gasteiger partial charge in [-0.25, -0.2) is 14.8 Å². The second-order valence-corrected chi connectivity index (χ2v) is 2.74. The Kier molecular flexibility index (Phi) is 3.11. The van der Waals surface area contributed by atoms with Gasteiger partial charge < -0.3 is 0 Å². The van der Waals surface area contributed by atoms with Crippen molar-refractivity contribution in [3.63, 3.8) is 0 Å². The van der Waals surface area contributed by atoms with Crippen LogP contribution in [0.1, 0.15) is 6.92 Å². The molecule has 0 bridgehead atoms. The first-order chi connectivity index (χ1) is 6.61. The number of nitrogens with zero attached hydrogens (tertiary/aromatic N) is 5. The quantitative estimate of drug-likeness (QED) is 0.514. The predicted octanol–water partition coefficient (Wildman–Crippen LogP) is 0.740. The molecule has 14 heavy (non-hydrogen) atoms. The highest BCUT2D eigenvalue weighted by Crippen LogP contribution is 1.92. The third kappa shape index (κ3) is 2.51. The summed E-state index contributed by atoms with van der Waals surface area (Å²) in [6, 6.07) is -0.375. The maximum absolute atomic E-state index is 11.5. The zero-order valence-electron chi connectivity index (χ0n) is 8.08. The summed E-state index contributed by atoms with van der Waals surface area (Å²) in [7, 11) is 1.53. The van der Waals surface area contributed by atoms with Crippen LogP contribution in [-0.4, -0.2) is 39.1 Å². The first-order valence-electron chi connectivity index (χ1n) is 3.93. The van der Waals surface area contributed by atoms with E-state index in [0.29, 0.717) is 0 Å². The summed E-state index contributed by atoms with van der Waals surface area (Å²) >= 11 is 0. The summed E-state index contributed by atoms with van der Waals surface area (Å²) in [5, 5.41) is 8.69. The van der Waals surface area contributed by atoms with E-state index in [1.165, 1.54) is 25.9 Å². The lowest BCUT2D eigenvalue weighted by atomic mass is 10.4. The van der Waals surface area contributed by atoms with Gasteiger partial charge in [-0.3, -0.25) is 0 Å². The summed E-state index contributed by atoms with van der Waals surface area (Å²) in [6.45, 7) is 5.42. The molecule has 6 nitrogen and oxygen atoms in total. The number of rotatable bonds is 2. The van der Waals surface area contributed by atoms with Crippen LogP contribution in [0.2, 0.25) is 0 Å². The van der Waals surface area contributed by atoms with Crippen molar-refractivity contribution in [3.8, 4) is 0 Å². The molecular weight excluding hydrogens is 182 g/mol. The highest BCUT2D eigenvalue weighted by Gasteiger charge is 2.09. The zero-order chi connectivity index (χ0) is 10.6. The van der Waals surface area contributed by atoms with Crippen molar-refractivity contribution in [2.45, 2.75) is 6.92 Å². The van der Waals surface area contributed by atoms with Crippen LogP contribution >= 0.6 is 0 Å². The van der Waals surface area contributed by atoms with Crippen LogP contribution in [0.4, 0.5) is 4.79 Å². The zero-order valence-corrected chi connectivity index (χ0v) is 8.08. The van der Waals surface area contributed by atoms with Gasteiger partial charge in [0.05, 0.1) is 0 Å². The molecule has 0 fully saturated rings. The van der Waals surface area contributed by atoms with Crippen LogP contribution in [-0.2, 0) is 0 Å². The number of allylic oxidation sites excluding steroid dienone is 1. The van der Waals surface area contributed by atoms with Crippen molar-refractivity contribution < 1.29 is 4.79 Å². The molecule has 0 spiro atoms. The van der Waals surface area contributed by atoms with Crippen molar-refractivity contribution in [2.75, 3.05) is 7.05 Å². The average Bonchev–Trinajstić information content (AvgIpc) is 2.65. The molecule has 0 saturated heterocycles. The number of hydrazone groups is 1. The molecule has 0 N–H and O–H groups in total. The van der Waals surface area contributed by atoms with Crippen molar-refractivity contribution >= 4 is 12.2 Å². The monoisotopic (exact) mass is 193 g/mol. The van der Waals surface area contributed by atoms with Crippen molar-refractivity contribution in [1.29, 1.82) is 0 Å². The first-order valence-corrected chi connectivity index (χ1v) is 3.93. The highest BCUT2D eigenvalue weighted by atomic mass is 16.2. The van der Waals surface area contributed by atoms with Crippen LogP contribution in [0.25, 0.3) is 0 Å². The summed E-state index contributed by atoms with van der Waals surface area (Å²) in [5.41, 5.74) is 0.767. The van der Waals surface area contributed by atoms with Gasteiger partial charge in [-0.2, -0.15) is 14.9 Å². The highest BCUT2D eigenvalue weighted by molar-refractivity contribution is 5.80. The minimum absolute atomic E-state index is 0.375. The van der Waals surface area contributed by atoms with Gasteiger partial charge in [0.25, 0.3) is 0 Å². The molecule has 1 aromatic heterocycles. The van der Waals surface area contributed by atoms with Gasteiger partial charge >= 0.3 is 6.03 Å². The fourth-order valence-electron chi connectivity index (χ4n) is 0.690. The summed E-state index contributed by atoms with van der Waals surface area (Å²) < 4.78 is 1.09. The van der Waals surface area contributed by atoms with E-state index < -0.39 is 0 Å². The van der Waals surface area contributed by atoms with Crippen molar-refractivity contribution in [2.24, 2.45) is 5.10 Å². The van der Waals surface area contributed by atoms with E-state index in [4.69, 9.17) is 0 Å². The molecule has 0 aromatic carbocycles. The minimum Gasteiger partial charge on any atom is -0.244 e. The van der Waals surface area contributed by atoms with Crippen molar-refractivity contribution in [1.82, 2.24) is 19.8 Å². The van der Waals surface area contributed by atoms with Gasteiger partial charge in [-0.05, 0) is 12.5 Å². The molecule has 0 aliphatic heterocycles. The summed E-state index contributed by atoms with van der Waals surface area (Å²) in [5.74, 6) is 0. The maximum Gasteiger partial charge on any atom is 0.366 e. The molecular formula is C8H11N5O. The topological polar surface area (TPSA) is 63.4 Å². The van der Waals surface area contributed by atoms with Crippen LogP contribution in [0.5, 0.6) is 0 Å². The SMILES string of the molecule is C=C(C)C=NN(C)C(=O)n1cncn1. The van der Waals surface area contributed by atoms with Crippen LogP contribution < -0.4 is 0 Å². The normalized spacial score (nSPS) is 10.4. The second kappa shape index (κ2) is 4.31. The van der Waals surface area contributed by atoms with Crippen LogP contribution in [0.15, 0.2) is 29.9 Å². The summed E-state index contributed by atoms with van der Waals surface area (Å²) in [6.07, 6.45) is 4.10. The molecule has 0 atom stereocenters. The molecule has 0 aliphatic carbocycles. The molecule has 1 heterocycles. The Morgan fingerprint density at radius 1 is 1.71 bits per heavy atom. The molecule has 1 rings (SSSR count). The molecule has 1 amide bonds. The Morgan fingerprint density at radius 2 is 2.43 bits per heavy atom. The van der Waals surface area contributed by atoms with Gasteiger partial charge in [0.1, 0.15) is 12.7 Å². The Balaban J connectivity index is 2.67. The van der Waals surface area contributed by atoms with Crippen LogP contribution in [0, 0.1) is 0 Å². The molecule has 0 radical (unpaired) electrons. The third-order valence-electron chi connectivity index (χ3n) is 1.34. The number of amides is 1. The minimum atomic E-state index is -0.375. The van der Waals surface area contributed by atoms with E-state index >= 15 is 0 Å². The average molecular weight is 193 g/mol. The van der Waals surface area contributed by atoms with Gasteiger partial charge in [0.15, 0.2) is 0 Å². The van der Waals surface area contributed by atoms with Gasteiger partial charge in [-0.15, -0.1) is 0 Å². The number of carbonyl (C=O) groups excluding carboxylic acids is 1. The fourth-order valence-corrected chi connectivity index (χ4v) is 0.690. The largest absolute Gasteiger partial charge is 0.366 e. The van der Waals surface area contributed by atoms with E-state index in [-0.39, 0.29) is 6.03 Å². The molecule has 0 saturated carbocycles. The Morgan fingerprint density at radius 3 is 2.93 bits per heavy atom. The van der Waals surface area contributed by atoms with Gasteiger partial charge in [0, 0.05) is 13.3 Å². The Bertz CT molecular complexity index is 354.